The number of aromatic hydroxyl groups is 1. The summed E-state index contributed by atoms with van der Waals surface area (Å²) in [5.41, 5.74) is 2.15. The van der Waals surface area contributed by atoms with Crippen LogP contribution in [-0.2, 0) is 11.2 Å². The van der Waals surface area contributed by atoms with E-state index < -0.39 is 0 Å². The van der Waals surface area contributed by atoms with Gasteiger partial charge in [-0.3, -0.25) is 4.79 Å². The van der Waals surface area contributed by atoms with Crippen LogP contribution < -0.4 is 4.74 Å². The van der Waals surface area contributed by atoms with Crippen molar-refractivity contribution in [1.82, 2.24) is 4.90 Å². The van der Waals surface area contributed by atoms with E-state index in [-0.39, 0.29) is 17.7 Å². The minimum Gasteiger partial charge on any atom is -0.504 e. The van der Waals surface area contributed by atoms with Crippen molar-refractivity contribution >= 4 is 5.91 Å². The Balaban J connectivity index is 1.58. The summed E-state index contributed by atoms with van der Waals surface area (Å²) < 4.78 is 5.22. The molecule has 4 heteroatoms. The highest BCUT2D eigenvalue weighted by molar-refractivity contribution is 5.77. The van der Waals surface area contributed by atoms with E-state index in [1.54, 1.807) is 13.2 Å². The Bertz CT molecular complexity index is 997. The first kappa shape index (κ1) is 30.0. The quantitative estimate of drug-likeness (QED) is 0.245. The van der Waals surface area contributed by atoms with Gasteiger partial charge >= 0.3 is 0 Å². The lowest BCUT2D eigenvalue weighted by Gasteiger charge is -2.35. The zero-order valence-electron chi connectivity index (χ0n) is 22.9. The van der Waals surface area contributed by atoms with Crippen LogP contribution in [0.2, 0.25) is 0 Å². The van der Waals surface area contributed by atoms with Gasteiger partial charge < -0.3 is 14.7 Å². The second-order valence-electron chi connectivity index (χ2n) is 9.19. The maximum absolute atomic E-state index is 12.8. The maximum atomic E-state index is 12.8. The number of rotatable bonds is 15. The number of methoxy groups -OCH3 is 1. The molecule has 1 aliphatic heterocycles. The van der Waals surface area contributed by atoms with Gasteiger partial charge in [0.25, 0.3) is 0 Å². The number of benzene rings is 1. The number of nitrogens with zero attached hydrogens (tertiary/aromatic N) is 1. The van der Waals surface area contributed by atoms with Crippen molar-refractivity contribution in [3.05, 3.63) is 96.2 Å². The van der Waals surface area contributed by atoms with E-state index >= 15 is 0 Å². The third-order valence-corrected chi connectivity index (χ3v) is 6.42. The minimum atomic E-state index is -0.0432. The molecule has 1 heterocycles. The number of ether oxygens (including phenoxy) is 1. The van der Waals surface area contributed by atoms with Gasteiger partial charge in [-0.25, -0.2) is 0 Å². The number of allylic oxidation sites excluding steroid dienone is 12. The van der Waals surface area contributed by atoms with Gasteiger partial charge in [0.05, 0.1) is 13.2 Å². The topological polar surface area (TPSA) is 49.8 Å². The highest BCUT2D eigenvalue weighted by Crippen LogP contribution is 2.37. The lowest BCUT2D eigenvalue weighted by Crippen LogP contribution is -2.38. The fourth-order valence-electron chi connectivity index (χ4n) is 4.33. The maximum Gasteiger partial charge on any atom is 0.223 e. The number of carbonyl (C=O) groups is 1. The van der Waals surface area contributed by atoms with E-state index in [0.717, 1.165) is 62.5 Å². The summed E-state index contributed by atoms with van der Waals surface area (Å²) in [6.07, 6.45) is 34.2. The van der Waals surface area contributed by atoms with Crippen LogP contribution in [-0.4, -0.2) is 29.6 Å². The minimum absolute atomic E-state index is 0.0432. The van der Waals surface area contributed by atoms with Gasteiger partial charge in [-0.05, 0) is 81.5 Å². The van der Waals surface area contributed by atoms with Crippen LogP contribution in [0, 0.1) is 0 Å². The summed E-state index contributed by atoms with van der Waals surface area (Å²) >= 11 is 0. The van der Waals surface area contributed by atoms with Crippen LogP contribution in [0.25, 0.3) is 0 Å². The largest absolute Gasteiger partial charge is 0.504 e. The van der Waals surface area contributed by atoms with E-state index in [1.807, 2.05) is 17.9 Å². The second kappa shape index (κ2) is 18.0. The molecule has 37 heavy (non-hydrogen) atoms. The molecule has 0 saturated heterocycles. The number of amides is 1. The molecule has 1 aromatic carbocycles. The molecule has 1 aliphatic rings. The second-order valence-corrected chi connectivity index (χ2v) is 9.19. The average molecular weight is 504 g/mol. The number of fused-ring (bicyclic) bond motifs is 1. The fourth-order valence-corrected chi connectivity index (χ4v) is 4.33. The predicted octanol–water partition coefficient (Wildman–Crippen LogP) is 8.32. The number of carbonyl (C=O) groups excluding carboxylic acids is 1. The molecule has 0 radical (unpaired) electrons. The van der Waals surface area contributed by atoms with Crippen molar-refractivity contribution < 1.29 is 14.6 Å². The fraction of sp³-hybridized carbons (Fsp3) is 0.424. The van der Waals surface area contributed by atoms with Gasteiger partial charge in [-0.15, -0.1) is 0 Å². The molecule has 1 atom stereocenters. The Morgan fingerprint density at radius 1 is 0.892 bits per heavy atom. The Labute approximate surface area is 224 Å². The number of hydrogen-bond acceptors (Lipinski definition) is 3. The van der Waals surface area contributed by atoms with Gasteiger partial charge in [0.2, 0.25) is 5.91 Å². The summed E-state index contributed by atoms with van der Waals surface area (Å²) in [6.45, 7) is 4.88. The highest BCUT2D eigenvalue weighted by Gasteiger charge is 2.28. The lowest BCUT2D eigenvalue weighted by atomic mass is 9.92. The molecular weight excluding hydrogens is 458 g/mol. The Morgan fingerprint density at radius 3 is 1.92 bits per heavy atom. The van der Waals surface area contributed by atoms with Gasteiger partial charge in [0.15, 0.2) is 11.5 Å². The molecule has 1 N–H and O–H groups in total. The molecule has 0 fully saturated rings. The zero-order valence-corrected chi connectivity index (χ0v) is 22.9. The summed E-state index contributed by atoms with van der Waals surface area (Å²) in [6, 6.07) is 3.59. The molecule has 2 rings (SSSR count). The van der Waals surface area contributed by atoms with Crippen LogP contribution in [0.15, 0.2) is 85.0 Å². The smallest absolute Gasteiger partial charge is 0.223 e. The number of hydrogen-bond donors (Lipinski definition) is 1. The molecule has 0 aliphatic carbocycles. The normalized spacial score (nSPS) is 16.4. The van der Waals surface area contributed by atoms with Crippen molar-refractivity contribution in [2.24, 2.45) is 0 Å². The standard InChI is InChI=1S/C33H45NO3/c1-4-5-6-7-8-9-10-11-12-13-14-15-16-17-18-19-20-21-22-23-33(36)34-25-24-29-26-32(37-3)31(35)27-30(29)28(34)2/h5-6,8-9,11-12,14-15,17-18,20-21,26-28,35H,4,7,10,13,16,19,22-25H2,1-3H3/b6-5+,9-8+,12-11+,15-14+,18-17+,21-20+. The van der Waals surface area contributed by atoms with Crippen molar-refractivity contribution in [3.8, 4) is 11.5 Å². The third kappa shape index (κ3) is 11.1. The third-order valence-electron chi connectivity index (χ3n) is 6.42. The molecule has 1 amide bonds. The molecule has 4 nitrogen and oxygen atoms in total. The highest BCUT2D eigenvalue weighted by atomic mass is 16.5. The Hall–Kier alpha value is -3.27. The molecular formula is C33H45NO3. The average Bonchev–Trinajstić information content (AvgIpc) is 2.90. The van der Waals surface area contributed by atoms with Crippen LogP contribution in [0.1, 0.15) is 82.4 Å². The van der Waals surface area contributed by atoms with Crippen molar-refractivity contribution in [2.75, 3.05) is 13.7 Å². The van der Waals surface area contributed by atoms with Crippen molar-refractivity contribution in [2.45, 2.75) is 77.7 Å². The molecule has 0 aromatic heterocycles. The molecule has 1 aromatic rings. The lowest BCUT2D eigenvalue weighted by molar-refractivity contribution is -0.133. The van der Waals surface area contributed by atoms with Crippen molar-refractivity contribution in [1.29, 1.82) is 0 Å². The van der Waals surface area contributed by atoms with E-state index in [9.17, 15) is 9.90 Å². The summed E-state index contributed by atoms with van der Waals surface area (Å²) in [7, 11) is 1.55. The summed E-state index contributed by atoms with van der Waals surface area (Å²) in [5.74, 6) is 0.775. The first-order valence-corrected chi connectivity index (χ1v) is 13.7. The predicted molar refractivity (Wildman–Crippen MR) is 156 cm³/mol. The van der Waals surface area contributed by atoms with E-state index in [1.165, 1.54) is 0 Å². The van der Waals surface area contributed by atoms with Gasteiger partial charge in [0, 0.05) is 13.0 Å². The van der Waals surface area contributed by atoms with E-state index in [0.29, 0.717) is 18.7 Å². The number of phenolic OH excluding ortho intramolecular Hbond substituents is 1. The van der Waals surface area contributed by atoms with Gasteiger partial charge in [-0.2, -0.15) is 0 Å². The molecule has 0 bridgehead atoms. The van der Waals surface area contributed by atoms with Gasteiger partial charge in [-0.1, -0.05) is 79.8 Å². The molecule has 1 unspecified atom stereocenters. The number of phenols is 1. The van der Waals surface area contributed by atoms with Gasteiger partial charge in [0.1, 0.15) is 0 Å². The zero-order chi connectivity index (χ0) is 26.7. The monoisotopic (exact) mass is 503 g/mol. The molecule has 0 saturated carbocycles. The van der Waals surface area contributed by atoms with Crippen LogP contribution in [0.4, 0.5) is 0 Å². The van der Waals surface area contributed by atoms with E-state index in [2.05, 4.69) is 79.8 Å². The van der Waals surface area contributed by atoms with E-state index in [4.69, 9.17) is 4.74 Å². The Morgan fingerprint density at radius 2 is 1.41 bits per heavy atom. The van der Waals surface area contributed by atoms with Crippen LogP contribution >= 0.6 is 0 Å². The summed E-state index contributed by atoms with van der Waals surface area (Å²) in [4.78, 5) is 14.7. The summed E-state index contributed by atoms with van der Waals surface area (Å²) in [5, 5.41) is 10.1. The van der Waals surface area contributed by atoms with Crippen molar-refractivity contribution in [3.63, 3.8) is 0 Å². The molecule has 200 valence electrons. The van der Waals surface area contributed by atoms with Crippen LogP contribution in [0.5, 0.6) is 11.5 Å². The first-order valence-electron chi connectivity index (χ1n) is 13.7. The Kier molecular flexibility index (Phi) is 14.6. The van der Waals surface area contributed by atoms with Crippen LogP contribution in [0.3, 0.4) is 0 Å². The SMILES string of the molecule is CC/C=C/C/C=C/C/C=C/C/C=C/C/C=C/C/C=C/CCC(=O)N1CCc2cc(OC)c(O)cc2C1C. The molecule has 0 spiro atoms. The first-order chi connectivity index (χ1) is 18.1.